The molecule has 0 spiro atoms. The van der Waals surface area contributed by atoms with Crippen LogP contribution in [0.5, 0.6) is 5.75 Å². The Morgan fingerprint density at radius 3 is 2.68 bits per heavy atom. The molecule has 3 N–H and O–H groups in total. The molecule has 4 heteroatoms. The van der Waals surface area contributed by atoms with Gasteiger partial charge in [0.2, 0.25) is 5.91 Å². The van der Waals surface area contributed by atoms with E-state index in [9.17, 15) is 4.79 Å². The van der Waals surface area contributed by atoms with Crippen LogP contribution in [0, 0.1) is 5.92 Å². The van der Waals surface area contributed by atoms with Crippen LogP contribution in [-0.2, 0) is 11.2 Å². The van der Waals surface area contributed by atoms with E-state index in [1.54, 1.807) is 7.05 Å². The van der Waals surface area contributed by atoms with Crippen LogP contribution in [0.25, 0.3) is 0 Å². The fourth-order valence-corrected chi connectivity index (χ4v) is 2.49. The van der Waals surface area contributed by atoms with E-state index in [0.717, 1.165) is 30.6 Å². The highest BCUT2D eigenvalue weighted by molar-refractivity contribution is 5.85. The molecule has 1 saturated carbocycles. The molecule has 1 aliphatic carbocycles. The maximum Gasteiger partial charge on any atom is 0.241 e. The number of nitrogens with one attached hydrogen (secondary N) is 1. The predicted octanol–water partition coefficient (Wildman–Crippen LogP) is 1.48. The Morgan fingerprint density at radius 1 is 1.47 bits per heavy atom. The zero-order valence-corrected chi connectivity index (χ0v) is 11.6. The van der Waals surface area contributed by atoms with Gasteiger partial charge in [0.1, 0.15) is 17.9 Å². The van der Waals surface area contributed by atoms with Crippen molar-refractivity contribution in [2.75, 3.05) is 13.7 Å². The summed E-state index contributed by atoms with van der Waals surface area (Å²) in [6, 6.07) is 7.91. The third-order valence-corrected chi connectivity index (χ3v) is 3.97. The van der Waals surface area contributed by atoms with Gasteiger partial charge < -0.3 is 15.8 Å². The van der Waals surface area contributed by atoms with Gasteiger partial charge in [-0.3, -0.25) is 4.79 Å². The first-order chi connectivity index (χ1) is 9.14. The fraction of sp³-hybridized carbons (Fsp3) is 0.533. The number of hydrogen-bond donors (Lipinski definition) is 2. The Bertz CT molecular complexity index is 457. The highest BCUT2D eigenvalue weighted by atomic mass is 16.5. The Balaban J connectivity index is 2.13. The van der Waals surface area contributed by atoms with Crippen LogP contribution in [0.4, 0.5) is 0 Å². The van der Waals surface area contributed by atoms with Crippen molar-refractivity contribution >= 4 is 5.91 Å². The second kappa shape index (κ2) is 5.61. The first kappa shape index (κ1) is 13.9. The molecular formula is C15H22N2O2. The van der Waals surface area contributed by atoms with Crippen molar-refractivity contribution in [3.05, 3.63) is 29.8 Å². The minimum atomic E-state index is -0.735. The Morgan fingerprint density at radius 2 is 2.16 bits per heavy atom. The highest BCUT2D eigenvalue weighted by Crippen LogP contribution is 2.40. The van der Waals surface area contributed by atoms with Crippen molar-refractivity contribution in [2.45, 2.75) is 31.7 Å². The summed E-state index contributed by atoms with van der Waals surface area (Å²) in [6.45, 7) is 2.38. The summed E-state index contributed by atoms with van der Waals surface area (Å²) in [6.07, 6.45) is 2.97. The van der Waals surface area contributed by atoms with Crippen LogP contribution in [0.3, 0.4) is 0 Å². The van der Waals surface area contributed by atoms with Gasteiger partial charge in [0.25, 0.3) is 0 Å². The molecule has 0 heterocycles. The minimum Gasteiger partial charge on any atom is -0.491 e. The number of carbonyl (C=O) groups is 1. The molecule has 0 bridgehead atoms. The van der Waals surface area contributed by atoms with E-state index in [2.05, 4.69) is 12.2 Å². The first-order valence-corrected chi connectivity index (χ1v) is 6.83. The first-order valence-electron chi connectivity index (χ1n) is 6.83. The number of hydrogen-bond acceptors (Lipinski definition) is 3. The second-order valence-electron chi connectivity index (χ2n) is 5.11. The molecule has 1 atom stereocenters. The number of benzene rings is 1. The lowest BCUT2D eigenvalue weighted by Gasteiger charge is -2.30. The van der Waals surface area contributed by atoms with Gasteiger partial charge in [-0.1, -0.05) is 25.1 Å². The van der Waals surface area contributed by atoms with Crippen molar-refractivity contribution in [3.63, 3.8) is 0 Å². The summed E-state index contributed by atoms with van der Waals surface area (Å²) in [5.74, 6) is 0.807. The molecule has 1 amide bonds. The molecule has 0 aromatic heterocycles. The van der Waals surface area contributed by atoms with Crippen LogP contribution in [0.15, 0.2) is 24.3 Å². The Kier molecular flexibility index (Phi) is 4.10. The molecule has 1 aromatic carbocycles. The minimum absolute atomic E-state index is 0.292. The third-order valence-electron chi connectivity index (χ3n) is 3.97. The lowest BCUT2D eigenvalue weighted by atomic mass is 9.93. The van der Waals surface area contributed by atoms with Crippen LogP contribution in [0.2, 0.25) is 0 Å². The number of likely N-dealkylation sites (N-methyl/N-ethyl adjacent to an activating group) is 1. The average Bonchev–Trinajstić information content (AvgIpc) is 3.25. The van der Waals surface area contributed by atoms with Gasteiger partial charge >= 0.3 is 0 Å². The molecule has 1 aromatic rings. The van der Waals surface area contributed by atoms with E-state index < -0.39 is 5.54 Å². The zero-order chi connectivity index (χ0) is 13.9. The number of ether oxygens (including phenoxy) is 1. The Hall–Kier alpha value is -1.55. The number of carbonyl (C=O) groups excluding carboxylic acids is 1. The topological polar surface area (TPSA) is 64.3 Å². The molecule has 0 aliphatic heterocycles. The van der Waals surface area contributed by atoms with Crippen molar-refractivity contribution in [3.8, 4) is 5.75 Å². The summed E-state index contributed by atoms with van der Waals surface area (Å²) < 4.78 is 5.88. The number of aryl methyl sites for hydroxylation is 1. The molecule has 19 heavy (non-hydrogen) atoms. The quantitative estimate of drug-likeness (QED) is 0.782. The average molecular weight is 262 g/mol. The molecule has 1 aliphatic rings. The molecule has 0 saturated heterocycles. The molecule has 1 unspecified atom stereocenters. The van der Waals surface area contributed by atoms with Crippen molar-refractivity contribution in [2.24, 2.45) is 11.7 Å². The van der Waals surface area contributed by atoms with Crippen LogP contribution >= 0.6 is 0 Å². The fourth-order valence-electron chi connectivity index (χ4n) is 2.49. The molecule has 0 radical (unpaired) electrons. The maximum absolute atomic E-state index is 11.8. The number of nitrogens with two attached hydrogens (primary N) is 1. The van der Waals surface area contributed by atoms with E-state index in [1.807, 2.05) is 24.3 Å². The van der Waals surface area contributed by atoms with E-state index in [-0.39, 0.29) is 5.91 Å². The number of rotatable bonds is 7. The van der Waals surface area contributed by atoms with Gasteiger partial charge in [-0.05, 0) is 43.9 Å². The van der Waals surface area contributed by atoms with Crippen LogP contribution < -0.4 is 15.8 Å². The highest BCUT2D eigenvalue weighted by Gasteiger charge is 2.49. The molecule has 1 fully saturated rings. The predicted molar refractivity (Wildman–Crippen MR) is 75.0 cm³/mol. The second-order valence-corrected chi connectivity index (χ2v) is 5.11. The summed E-state index contributed by atoms with van der Waals surface area (Å²) in [4.78, 5) is 11.8. The monoisotopic (exact) mass is 262 g/mol. The van der Waals surface area contributed by atoms with Gasteiger partial charge in [-0.25, -0.2) is 0 Å². The van der Waals surface area contributed by atoms with E-state index in [0.29, 0.717) is 12.5 Å². The van der Waals surface area contributed by atoms with Crippen LogP contribution in [-0.4, -0.2) is 25.1 Å². The van der Waals surface area contributed by atoms with Gasteiger partial charge in [0.05, 0.1) is 0 Å². The SMILES string of the molecule is CCc1ccccc1OCC(NC)(C(N)=O)C1CC1. The summed E-state index contributed by atoms with van der Waals surface area (Å²) in [5.41, 5.74) is 5.99. The van der Waals surface area contributed by atoms with Gasteiger partial charge in [0, 0.05) is 0 Å². The molecule has 2 rings (SSSR count). The molecular weight excluding hydrogens is 240 g/mol. The smallest absolute Gasteiger partial charge is 0.241 e. The number of amides is 1. The number of primary amides is 1. The van der Waals surface area contributed by atoms with E-state index >= 15 is 0 Å². The molecule has 104 valence electrons. The summed E-state index contributed by atoms with van der Waals surface area (Å²) in [7, 11) is 1.78. The lowest BCUT2D eigenvalue weighted by molar-refractivity contribution is -0.126. The molecule has 4 nitrogen and oxygen atoms in total. The van der Waals surface area contributed by atoms with Crippen molar-refractivity contribution in [1.29, 1.82) is 0 Å². The van der Waals surface area contributed by atoms with E-state index in [1.165, 1.54) is 0 Å². The zero-order valence-electron chi connectivity index (χ0n) is 11.6. The largest absolute Gasteiger partial charge is 0.491 e. The van der Waals surface area contributed by atoms with Gasteiger partial charge in [-0.15, -0.1) is 0 Å². The van der Waals surface area contributed by atoms with Gasteiger partial charge in [0.15, 0.2) is 0 Å². The van der Waals surface area contributed by atoms with Crippen LogP contribution in [0.1, 0.15) is 25.3 Å². The van der Waals surface area contributed by atoms with Crippen molar-refractivity contribution < 1.29 is 9.53 Å². The lowest BCUT2D eigenvalue weighted by Crippen LogP contribution is -2.59. The standard InChI is InChI=1S/C15H22N2O2/c1-3-11-6-4-5-7-13(11)19-10-15(17-2,14(16)18)12-8-9-12/h4-7,12,17H,3,8-10H2,1-2H3,(H2,16,18). The number of para-hydroxylation sites is 1. The van der Waals surface area contributed by atoms with Gasteiger partial charge in [-0.2, -0.15) is 0 Å². The van der Waals surface area contributed by atoms with Crippen molar-refractivity contribution in [1.82, 2.24) is 5.32 Å². The summed E-state index contributed by atoms with van der Waals surface area (Å²) >= 11 is 0. The normalized spacial score (nSPS) is 17.8. The van der Waals surface area contributed by atoms with E-state index in [4.69, 9.17) is 10.5 Å². The summed E-state index contributed by atoms with van der Waals surface area (Å²) in [5, 5.41) is 3.09. The third kappa shape index (κ3) is 2.73. The maximum atomic E-state index is 11.8. The Labute approximate surface area is 114 Å².